The number of anilines is 1. The molecule has 0 aromatic carbocycles. The standard InChI is InChI=1S/C10H13ClN4O/c1-7-8(11)13-14-9(12-7)15-4-5-16-6-10(15)2-3-10/h2-6H2,1H3. The van der Waals surface area contributed by atoms with Gasteiger partial charge in [-0.1, -0.05) is 11.6 Å². The van der Waals surface area contributed by atoms with Crippen LogP contribution >= 0.6 is 11.6 Å². The minimum atomic E-state index is 0.139. The van der Waals surface area contributed by atoms with Crippen LogP contribution in [0.4, 0.5) is 5.95 Å². The highest BCUT2D eigenvalue weighted by Gasteiger charge is 2.51. The van der Waals surface area contributed by atoms with Gasteiger partial charge in [-0.25, -0.2) is 4.98 Å². The Labute approximate surface area is 98.8 Å². The zero-order valence-electron chi connectivity index (χ0n) is 9.11. The van der Waals surface area contributed by atoms with Crippen molar-refractivity contribution in [1.29, 1.82) is 0 Å². The van der Waals surface area contributed by atoms with E-state index in [0.29, 0.717) is 11.1 Å². The predicted molar refractivity (Wildman–Crippen MR) is 59.7 cm³/mol. The lowest BCUT2D eigenvalue weighted by molar-refractivity contribution is 0.0854. The summed E-state index contributed by atoms with van der Waals surface area (Å²) in [5.41, 5.74) is 0.870. The van der Waals surface area contributed by atoms with Crippen LogP contribution in [0.15, 0.2) is 0 Å². The molecular weight excluding hydrogens is 228 g/mol. The monoisotopic (exact) mass is 240 g/mol. The lowest BCUT2D eigenvalue weighted by atomic mass is 10.2. The first-order chi connectivity index (χ1) is 7.71. The molecule has 0 atom stereocenters. The van der Waals surface area contributed by atoms with Crippen LogP contribution in [0.25, 0.3) is 0 Å². The Bertz CT molecular complexity index is 421. The van der Waals surface area contributed by atoms with Gasteiger partial charge in [0.05, 0.1) is 24.4 Å². The van der Waals surface area contributed by atoms with Crippen molar-refractivity contribution in [2.45, 2.75) is 25.3 Å². The number of morpholine rings is 1. The van der Waals surface area contributed by atoms with Crippen LogP contribution in [-0.2, 0) is 4.74 Å². The van der Waals surface area contributed by atoms with Crippen molar-refractivity contribution in [2.75, 3.05) is 24.7 Å². The molecule has 3 rings (SSSR count). The minimum absolute atomic E-state index is 0.139. The molecule has 86 valence electrons. The number of hydrogen-bond donors (Lipinski definition) is 0. The molecule has 0 amide bonds. The molecule has 0 unspecified atom stereocenters. The molecule has 2 aliphatic rings. The Kier molecular flexibility index (Phi) is 2.26. The van der Waals surface area contributed by atoms with Crippen molar-refractivity contribution in [3.8, 4) is 0 Å². The third-order valence-corrected chi connectivity index (χ3v) is 3.61. The third kappa shape index (κ3) is 1.55. The summed E-state index contributed by atoms with van der Waals surface area (Å²) in [5.74, 6) is 0.683. The van der Waals surface area contributed by atoms with Crippen LogP contribution in [0.3, 0.4) is 0 Å². The van der Waals surface area contributed by atoms with Crippen LogP contribution in [0, 0.1) is 6.92 Å². The molecule has 1 aliphatic heterocycles. The van der Waals surface area contributed by atoms with E-state index in [0.717, 1.165) is 38.3 Å². The molecule has 0 radical (unpaired) electrons. The Morgan fingerprint density at radius 3 is 2.88 bits per heavy atom. The van der Waals surface area contributed by atoms with E-state index >= 15 is 0 Å². The summed E-state index contributed by atoms with van der Waals surface area (Å²) in [5, 5.41) is 8.37. The van der Waals surface area contributed by atoms with Gasteiger partial charge in [-0.05, 0) is 19.8 Å². The molecule has 5 nitrogen and oxygen atoms in total. The van der Waals surface area contributed by atoms with E-state index in [1.807, 2.05) is 6.92 Å². The van der Waals surface area contributed by atoms with Gasteiger partial charge >= 0.3 is 0 Å². The van der Waals surface area contributed by atoms with Gasteiger partial charge in [0.15, 0.2) is 5.15 Å². The first kappa shape index (κ1) is 10.2. The van der Waals surface area contributed by atoms with E-state index in [1.54, 1.807) is 0 Å². The SMILES string of the molecule is Cc1nc(N2CCOCC23CC3)nnc1Cl. The average Bonchev–Trinajstić information content (AvgIpc) is 3.04. The smallest absolute Gasteiger partial charge is 0.246 e. The van der Waals surface area contributed by atoms with Crippen LogP contribution in [0.5, 0.6) is 0 Å². The molecule has 0 bridgehead atoms. The van der Waals surface area contributed by atoms with Gasteiger partial charge in [0, 0.05) is 6.54 Å². The highest BCUT2D eigenvalue weighted by atomic mass is 35.5. The molecule has 1 aromatic heterocycles. The maximum Gasteiger partial charge on any atom is 0.246 e. The van der Waals surface area contributed by atoms with Crippen molar-refractivity contribution in [2.24, 2.45) is 0 Å². The fourth-order valence-corrected chi connectivity index (χ4v) is 2.18. The van der Waals surface area contributed by atoms with E-state index in [1.165, 1.54) is 0 Å². The van der Waals surface area contributed by atoms with Crippen LogP contribution in [0.1, 0.15) is 18.5 Å². The molecule has 1 saturated heterocycles. The third-order valence-electron chi connectivity index (χ3n) is 3.26. The molecule has 16 heavy (non-hydrogen) atoms. The van der Waals surface area contributed by atoms with Crippen molar-refractivity contribution in [1.82, 2.24) is 15.2 Å². The van der Waals surface area contributed by atoms with Gasteiger partial charge in [-0.15, -0.1) is 10.2 Å². The van der Waals surface area contributed by atoms with Gasteiger partial charge in [-0.3, -0.25) is 0 Å². The van der Waals surface area contributed by atoms with Gasteiger partial charge < -0.3 is 9.64 Å². The quantitative estimate of drug-likeness (QED) is 0.738. The minimum Gasteiger partial charge on any atom is -0.377 e. The second kappa shape index (κ2) is 3.53. The van der Waals surface area contributed by atoms with E-state index in [2.05, 4.69) is 20.1 Å². The number of ether oxygens (including phenoxy) is 1. The Hall–Kier alpha value is -0.940. The number of rotatable bonds is 1. The average molecular weight is 241 g/mol. The van der Waals surface area contributed by atoms with Gasteiger partial charge in [0.2, 0.25) is 5.95 Å². The lowest BCUT2D eigenvalue weighted by Crippen LogP contribution is -2.48. The van der Waals surface area contributed by atoms with Crippen molar-refractivity contribution in [3.63, 3.8) is 0 Å². The van der Waals surface area contributed by atoms with E-state index in [4.69, 9.17) is 16.3 Å². The summed E-state index contributed by atoms with van der Waals surface area (Å²) < 4.78 is 5.51. The Morgan fingerprint density at radius 2 is 2.19 bits per heavy atom. The molecule has 1 saturated carbocycles. The lowest BCUT2D eigenvalue weighted by Gasteiger charge is -2.35. The summed E-state index contributed by atoms with van der Waals surface area (Å²) in [6.45, 7) is 4.19. The number of aromatic nitrogens is 3. The zero-order valence-corrected chi connectivity index (χ0v) is 9.87. The molecule has 1 aliphatic carbocycles. The molecular formula is C10H13ClN4O. The molecule has 2 heterocycles. The topological polar surface area (TPSA) is 51.1 Å². The number of nitrogens with zero attached hydrogens (tertiary/aromatic N) is 4. The largest absolute Gasteiger partial charge is 0.377 e. The molecule has 1 aromatic rings. The number of hydrogen-bond acceptors (Lipinski definition) is 5. The van der Waals surface area contributed by atoms with Crippen molar-refractivity contribution >= 4 is 17.5 Å². The summed E-state index contributed by atoms with van der Waals surface area (Å²) in [7, 11) is 0. The molecule has 1 spiro atoms. The van der Waals surface area contributed by atoms with Crippen molar-refractivity contribution in [3.05, 3.63) is 10.8 Å². The maximum absolute atomic E-state index is 5.83. The first-order valence-corrected chi connectivity index (χ1v) is 5.81. The van der Waals surface area contributed by atoms with E-state index < -0.39 is 0 Å². The fraction of sp³-hybridized carbons (Fsp3) is 0.700. The molecule has 0 N–H and O–H groups in total. The fourth-order valence-electron chi connectivity index (χ4n) is 2.10. The Morgan fingerprint density at radius 1 is 1.38 bits per heavy atom. The summed E-state index contributed by atoms with van der Waals surface area (Å²) in [6, 6.07) is 0. The summed E-state index contributed by atoms with van der Waals surface area (Å²) >= 11 is 5.83. The van der Waals surface area contributed by atoms with Crippen LogP contribution in [0.2, 0.25) is 5.15 Å². The van der Waals surface area contributed by atoms with Crippen LogP contribution in [-0.4, -0.2) is 40.5 Å². The van der Waals surface area contributed by atoms with Crippen LogP contribution < -0.4 is 4.90 Å². The van der Waals surface area contributed by atoms with Crippen molar-refractivity contribution < 1.29 is 4.74 Å². The maximum atomic E-state index is 5.83. The second-order valence-electron chi connectivity index (χ2n) is 4.42. The van der Waals surface area contributed by atoms with E-state index in [9.17, 15) is 0 Å². The second-order valence-corrected chi connectivity index (χ2v) is 4.77. The van der Waals surface area contributed by atoms with Gasteiger partial charge in [-0.2, -0.15) is 0 Å². The normalized spacial score (nSPS) is 22.5. The van der Waals surface area contributed by atoms with Gasteiger partial charge in [0.1, 0.15) is 0 Å². The zero-order chi connectivity index (χ0) is 11.2. The first-order valence-electron chi connectivity index (χ1n) is 5.43. The Balaban J connectivity index is 1.93. The van der Waals surface area contributed by atoms with Gasteiger partial charge in [0.25, 0.3) is 0 Å². The number of halogens is 1. The summed E-state index contributed by atoms with van der Waals surface area (Å²) in [6.07, 6.45) is 2.30. The molecule has 2 fully saturated rings. The predicted octanol–water partition coefficient (Wildman–Crippen LogP) is 1.20. The van der Waals surface area contributed by atoms with E-state index in [-0.39, 0.29) is 5.54 Å². The number of aryl methyl sites for hydroxylation is 1. The molecule has 6 heteroatoms. The highest BCUT2D eigenvalue weighted by molar-refractivity contribution is 6.29. The summed E-state index contributed by atoms with van der Waals surface area (Å²) in [4.78, 5) is 6.61. The highest BCUT2D eigenvalue weighted by Crippen LogP contribution is 2.44.